The molecule has 3 heterocycles. The Morgan fingerprint density at radius 2 is 2.23 bits per heavy atom. The second-order valence-electron chi connectivity index (χ2n) is 6.94. The van der Waals surface area contributed by atoms with E-state index >= 15 is 0 Å². The predicted octanol–water partition coefficient (Wildman–Crippen LogP) is 3.40. The fraction of sp³-hybridized carbons (Fsp3) is 0.684. The molecule has 0 aliphatic carbocycles. The molecule has 0 amide bonds. The summed E-state index contributed by atoms with van der Waals surface area (Å²) in [6.45, 7) is 6.70. The molecule has 1 fully saturated rings. The number of rotatable bonds is 10. The van der Waals surface area contributed by atoms with Crippen LogP contribution in [0.15, 0.2) is 12.5 Å². The zero-order valence-electron chi connectivity index (χ0n) is 16.1. The minimum atomic E-state index is 0.509. The first-order valence-electron chi connectivity index (χ1n) is 9.42. The fourth-order valence-electron chi connectivity index (χ4n) is 3.62. The van der Waals surface area contributed by atoms with Crippen LogP contribution in [0.4, 0.5) is 0 Å². The van der Waals surface area contributed by atoms with Crippen LogP contribution in [0, 0.1) is 5.92 Å². The topological polar surface area (TPSA) is 52.4 Å². The van der Waals surface area contributed by atoms with Gasteiger partial charge in [-0.3, -0.25) is 4.90 Å². The number of likely N-dealkylation sites (tertiary alicyclic amines) is 1. The number of nitrogens with zero attached hydrogens (tertiary/aromatic N) is 4. The van der Waals surface area contributed by atoms with Gasteiger partial charge in [0.1, 0.15) is 24.1 Å². The van der Waals surface area contributed by atoms with Gasteiger partial charge in [0.15, 0.2) is 0 Å². The quantitative estimate of drug-likeness (QED) is 0.591. The van der Waals surface area contributed by atoms with Gasteiger partial charge in [-0.05, 0) is 37.3 Å². The Labute approximate surface area is 160 Å². The van der Waals surface area contributed by atoms with Crippen LogP contribution in [0.2, 0.25) is 0 Å². The lowest BCUT2D eigenvalue weighted by atomic mass is 10.2. The third kappa shape index (κ3) is 4.50. The molecule has 7 heteroatoms. The summed E-state index contributed by atoms with van der Waals surface area (Å²) in [5.41, 5.74) is 3.13. The summed E-state index contributed by atoms with van der Waals surface area (Å²) in [6, 6.07) is 0. The van der Waals surface area contributed by atoms with Crippen molar-refractivity contribution in [1.82, 2.24) is 19.4 Å². The Bertz CT molecular complexity index is 706. The number of fused-ring (bicyclic) bond motifs is 1. The maximum atomic E-state index is 5.84. The fourth-order valence-corrected chi connectivity index (χ4v) is 4.36. The zero-order chi connectivity index (χ0) is 18.4. The van der Waals surface area contributed by atoms with Crippen molar-refractivity contribution in [3.8, 4) is 5.88 Å². The molecule has 144 valence electrons. The highest BCUT2D eigenvalue weighted by Crippen LogP contribution is 2.29. The lowest BCUT2D eigenvalue weighted by Crippen LogP contribution is -2.20. The van der Waals surface area contributed by atoms with Crippen LogP contribution in [0.25, 0.3) is 11.0 Å². The van der Waals surface area contributed by atoms with E-state index in [4.69, 9.17) is 9.47 Å². The summed E-state index contributed by atoms with van der Waals surface area (Å²) >= 11 is 1.95. The minimum absolute atomic E-state index is 0.509. The van der Waals surface area contributed by atoms with E-state index in [9.17, 15) is 0 Å². The molecule has 0 spiro atoms. The lowest BCUT2D eigenvalue weighted by molar-refractivity contribution is 0.0772. The van der Waals surface area contributed by atoms with Crippen LogP contribution in [-0.2, 0) is 18.0 Å². The van der Waals surface area contributed by atoms with E-state index in [1.54, 1.807) is 13.4 Å². The van der Waals surface area contributed by atoms with Crippen LogP contribution in [-0.4, -0.2) is 58.2 Å². The molecule has 1 saturated heterocycles. The molecule has 6 nitrogen and oxygen atoms in total. The van der Waals surface area contributed by atoms with Crippen LogP contribution in [0.5, 0.6) is 5.88 Å². The van der Waals surface area contributed by atoms with Crippen LogP contribution in [0.1, 0.15) is 31.7 Å². The summed E-state index contributed by atoms with van der Waals surface area (Å²) in [5.74, 6) is 2.67. The Morgan fingerprint density at radius 1 is 1.35 bits per heavy atom. The first-order valence-corrected chi connectivity index (χ1v) is 10.8. The average Bonchev–Trinajstić information content (AvgIpc) is 3.24. The molecule has 0 N–H and O–H groups in total. The van der Waals surface area contributed by atoms with Gasteiger partial charge in [0, 0.05) is 31.5 Å². The monoisotopic (exact) mass is 378 g/mol. The van der Waals surface area contributed by atoms with Crippen LogP contribution >= 0.6 is 11.8 Å². The molecule has 0 radical (unpaired) electrons. The number of ether oxygens (including phenoxy) is 2. The molecule has 1 aliphatic heterocycles. The molecule has 2 aromatic heterocycles. The molecule has 0 aromatic carbocycles. The Hall–Kier alpha value is -1.31. The van der Waals surface area contributed by atoms with Crippen LogP contribution in [0.3, 0.4) is 0 Å². The second kappa shape index (κ2) is 9.58. The van der Waals surface area contributed by atoms with Gasteiger partial charge in [-0.15, -0.1) is 0 Å². The molecular formula is C19H30N4O2S. The number of unbranched alkanes of at least 4 members (excludes halogenated alkanes) is 1. The SMILES string of the molecule is CCCCOCn1cc(CN2CC[C@@H](CSC)C2)c2ncnc(OC)c21. The van der Waals surface area contributed by atoms with Gasteiger partial charge in [0.25, 0.3) is 0 Å². The standard InChI is InChI=1S/C19H30N4O2S/c1-4-5-8-25-14-23-11-16(10-22-7-6-15(9-22)12-26-3)17-18(23)19(24-2)21-13-20-17/h11,13,15H,4-10,12,14H2,1-3H3/t15-/m1/s1. The summed E-state index contributed by atoms with van der Waals surface area (Å²) in [7, 11) is 1.66. The highest BCUT2D eigenvalue weighted by molar-refractivity contribution is 7.98. The van der Waals surface area contributed by atoms with Gasteiger partial charge < -0.3 is 14.0 Å². The smallest absolute Gasteiger partial charge is 0.241 e. The van der Waals surface area contributed by atoms with E-state index in [-0.39, 0.29) is 0 Å². The highest BCUT2D eigenvalue weighted by Gasteiger charge is 2.24. The Kier molecular flexibility index (Phi) is 7.16. The van der Waals surface area contributed by atoms with Crippen molar-refractivity contribution < 1.29 is 9.47 Å². The molecule has 2 aromatic rings. The lowest BCUT2D eigenvalue weighted by Gasteiger charge is -2.15. The van der Waals surface area contributed by atoms with Crippen molar-refractivity contribution in [2.45, 2.75) is 39.5 Å². The third-order valence-corrected chi connectivity index (χ3v) is 5.73. The first-order chi connectivity index (χ1) is 12.8. The number of hydrogen-bond acceptors (Lipinski definition) is 6. The third-order valence-electron chi connectivity index (χ3n) is 4.92. The molecule has 26 heavy (non-hydrogen) atoms. The molecule has 3 rings (SSSR count). The van der Waals surface area contributed by atoms with Crippen molar-refractivity contribution in [3.05, 3.63) is 18.1 Å². The predicted molar refractivity (Wildman–Crippen MR) is 107 cm³/mol. The van der Waals surface area contributed by atoms with Gasteiger partial charge in [-0.2, -0.15) is 16.7 Å². The van der Waals surface area contributed by atoms with Gasteiger partial charge in [0.05, 0.1) is 7.11 Å². The summed E-state index contributed by atoms with van der Waals surface area (Å²) in [4.78, 5) is 11.4. The van der Waals surface area contributed by atoms with Crippen molar-refractivity contribution in [1.29, 1.82) is 0 Å². The van der Waals surface area contributed by atoms with E-state index < -0.39 is 0 Å². The zero-order valence-corrected chi connectivity index (χ0v) is 16.9. The second-order valence-corrected chi connectivity index (χ2v) is 7.85. The first kappa shape index (κ1) is 19.5. The summed E-state index contributed by atoms with van der Waals surface area (Å²) < 4.78 is 13.4. The normalized spacial score (nSPS) is 18.0. The number of thioether (sulfide) groups is 1. The molecule has 0 unspecified atom stereocenters. The van der Waals surface area contributed by atoms with Gasteiger partial charge in [-0.25, -0.2) is 4.98 Å². The van der Waals surface area contributed by atoms with Crippen molar-refractivity contribution >= 4 is 22.8 Å². The molecule has 0 saturated carbocycles. The Balaban J connectivity index is 1.79. The Morgan fingerprint density at radius 3 is 3.00 bits per heavy atom. The number of aromatic nitrogens is 3. The maximum absolute atomic E-state index is 5.84. The average molecular weight is 379 g/mol. The molecular weight excluding hydrogens is 348 g/mol. The highest BCUT2D eigenvalue weighted by atomic mass is 32.2. The molecule has 1 aliphatic rings. The van der Waals surface area contributed by atoms with E-state index in [1.165, 1.54) is 24.3 Å². The van der Waals surface area contributed by atoms with E-state index in [1.807, 2.05) is 11.8 Å². The molecule has 1 atom stereocenters. The van der Waals surface area contributed by atoms with E-state index in [2.05, 4.69) is 38.8 Å². The van der Waals surface area contributed by atoms with Crippen molar-refractivity contribution in [2.75, 3.05) is 38.8 Å². The summed E-state index contributed by atoms with van der Waals surface area (Å²) in [5, 5.41) is 0. The van der Waals surface area contributed by atoms with Crippen molar-refractivity contribution in [2.24, 2.45) is 5.92 Å². The van der Waals surface area contributed by atoms with Crippen molar-refractivity contribution in [3.63, 3.8) is 0 Å². The number of hydrogen-bond donors (Lipinski definition) is 0. The largest absolute Gasteiger partial charge is 0.479 e. The molecule has 0 bridgehead atoms. The maximum Gasteiger partial charge on any atom is 0.241 e. The van der Waals surface area contributed by atoms with Gasteiger partial charge >= 0.3 is 0 Å². The van der Waals surface area contributed by atoms with E-state index in [0.29, 0.717) is 12.6 Å². The van der Waals surface area contributed by atoms with Crippen LogP contribution < -0.4 is 4.74 Å². The number of methoxy groups -OCH3 is 1. The van der Waals surface area contributed by atoms with Gasteiger partial charge in [-0.1, -0.05) is 13.3 Å². The minimum Gasteiger partial charge on any atom is -0.479 e. The van der Waals surface area contributed by atoms with E-state index in [0.717, 1.165) is 49.5 Å². The van der Waals surface area contributed by atoms with Gasteiger partial charge in [0.2, 0.25) is 5.88 Å². The summed E-state index contributed by atoms with van der Waals surface area (Å²) in [6.07, 6.45) is 9.44.